The Bertz CT molecular complexity index is 4250. The molecule has 0 saturated heterocycles. The fourth-order valence-corrected chi connectivity index (χ4v) is 18.6. The number of unbranched alkanes of at least 4 members (excludes halogenated alkanes) is 52. The molecule has 0 bridgehead atoms. The molecular formula is C108H184F15O21P5. The van der Waals surface area contributed by atoms with Crippen LogP contribution in [-0.2, 0) is 72.9 Å². The van der Waals surface area contributed by atoms with Gasteiger partial charge in [0.1, 0.15) is 0 Å². The van der Waals surface area contributed by atoms with Crippen LogP contribution in [0.25, 0.3) is 0 Å². The van der Waals surface area contributed by atoms with Gasteiger partial charge in [0.2, 0.25) is 40.7 Å². The Hall–Kier alpha value is -4.60. The lowest BCUT2D eigenvalue weighted by Gasteiger charge is -2.10. The number of hydrogen-bond donors (Lipinski definition) is 10. The third-order valence-corrected chi connectivity index (χ3v) is 28.4. The molecule has 0 spiro atoms. The van der Waals surface area contributed by atoms with Crippen LogP contribution in [0.5, 0.6) is 5.75 Å². The van der Waals surface area contributed by atoms with Crippen molar-refractivity contribution in [2.75, 3.05) is 77.1 Å². The number of hydrogen-bond acceptors (Lipinski definition) is 11. The molecule has 0 aliphatic rings. The first kappa shape index (κ1) is 151. The van der Waals surface area contributed by atoms with E-state index < -0.39 is 155 Å². The van der Waals surface area contributed by atoms with Gasteiger partial charge in [0.25, 0.3) is 0 Å². The fourth-order valence-electron chi connectivity index (χ4n) is 15.5. The molecule has 872 valence electrons. The van der Waals surface area contributed by atoms with Crippen LogP contribution in [0.3, 0.4) is 0 Å². The standard InChI is InChI=1S/C26H47O4P.C25H40F5O5P.C18H26F5O4P.C18H31O4P.C17H24F5O4P.4CH4/c27-31(28,29)24-20-15-13-11-9-7-5-3-1-2-4-6-8-10-12-14-19-23-30-25-26-21-17-16-18-22-26;26-21-20(22(27)24(29)25(30)23(21)28)19-35-17-13-9-5-4-8-12-16-34-15-11-7-3-1-2-6-10-14-18-36(31,32)33;19-14-13(15(20)17(22)18(23)16(14)21)12-27-10-8-6-4-2-1-3-5-7-9-11-28(24,25)26;19-23(20,21)16-12-7-5-3-1-2-4-6-11-15-22-17-18-13-9-8-10-14-18;18-12-13(19)15(21)17(16(22)14(12)20)26-10-8-6-4-2-1-3-5-7-9-11-27(23,24)25;;;;/h16-18,21-22H,1-15,19-20,23-25H2,(H2,27,28,29);1-19H2,(H2,31,32,33);1-12H2,(H2,24,25,26);8-10,13-14H,1-7,11-12,15-17H2,(H2,19,20,21);1-11H2,(H2,23,24,25);4*1H4. The van der Waals surface area contributed by atoms with E-state index in [0.29, 0.717) is 64.4 Å². The Morgan fingerprint density at radius 2 is 0.309 bits per heavy atom. The van der Waals surface area contributed by atoms with Crippen molar-refractivity contribution in [3.63, 3.8) is 0 Å². The maximum Gasteiger partial charge on any atom is 0.325 e. The van der Waals surface area contributed by atoms with Crippen molar-refractivity contribution in [3.05, 3.63) is 170 Å². The van der Waals surface area contributed by atoms with E-state index in [-0.39, 0.29) is 80.3 Å². The summed E-state index contributed by atoms with van der Waals surface area (Å²) in [7, 11) is -19.2. The van der Waals surface area contributed by atoms with E-state index in [4.69, 9.17) is 77.4 Å². The molecule has 0 heterocycles. The van der Waals surface area contributed by atoms with Crippen LogP contribution in [-0.4, -0.2) is 126 Å². The molecule has 5 aromatic carbocycles. The average molecular weight is 2260 g/mol. The van der Waals surface area contributed by atoms with E-state index >= 15 is 0 Å². The first-order chi connectivity index (χ1) is 69.1. The molecule has 0 unspecified atom stereocenters. The van der Waals surface area contributed by atoms with Crippen LogP contribution >= 0.6 is 38.0 Å². The minimum Gasteiger partial charge on any atom is -0.487 e. The lowest BCUT2D eigenvalue weighted by Crippen LogP contribution is -2.09. The van der Waals surface area contributed by atoms with Gasteiger partial charge < -0.3 is 77.4 Å². The van der Waals surface area contributed by atoms with Crippen LogP contribution in [0.15, 0.2) is 60.7 Å². The zero-order valence-electron chi connectivity index (χ0n) is 85.0. The summed E-state index contributed by atoms with van der Waals surface area (Å²) < 4.78 is 283. The Morgan fingerprint density at radius 1 is 0.168 bits per heavy atom. The molecule has 0 amide bonds. The molecule has 0 aliphatic heterocycles. The lowest BCUT2D eigenvalue weighted by molar-refractivity contribution is 0.109. The van der Waals surface area contributed by atoms with Gasteiger partial charge in [0, 0.05) is 70.5 Å². The summed E-state index contributed by atoms with van der Waals surface area (Å²) in [6.45, 7) is 3.47. The smallest absolute Gasteiger partial charge is 0.325 e. The SMILES string of the molecule is C.C.C.C.O=P(O)(O)CCCCCCCCCCCCCCCCCCCOCc1ccccc1.O=P(O)(O)CCCCCCCCCCCOCc1c(F)c(F)c(F)c(F)c1F.O=P(O)(O)CCCCCCCCCCCOCc1ccccc1.O=P(O)(O)CCCCCCCCCCCOc1c(F)c(F)c(F)c(F)c1F.O=P(O)(O)CCCCCCCCCCOCCCCCCCCOCc1c(F)c(F)c(F)c(F)c1F. The maximum atomic E-state index is 13.5. The van der Waals surface area contributed by atoms with Crippen LogP contribution < -0.4 is 4.74 Å². The summed E-state index contributed by atoms with van der Waals surface area (Å²) in [5.41, 5.74) is 0.581. The zero-order valence-corrected chi connectivity index (χ0v) is 89.4. The van der Waals surface area contributed by atoms with Gasteiger partial charge in [0.05, 0.1) is 44.2 Å². The van der Waals surface area contributed by atoms with Crippen LogP contribution in [0.2, 0.25) is 0 Å². The van der Waals surface area contributed by atoms with Gasteiger partial charge in [-0.3, -0.25) is 22.8 Å². The van der Waals surface area contributed by atoms with E-state index in [1.54, 1.807) is 0 Å². The first-order valence-corrected chi connectivity index (χ1v) is 61.4. The van der Waals surface area contributed by atoms with Crippen LogP contribution in [0.1, 0.15) is 424 Å². The van der Waals surface area contributed by atoms with Crippen LogP contribution in [0.4, 0.5) is 65.9 Å². The molecule has 5 aromatic rings. The number of rotatable bonds is 85. The highest BCUT2D eigenvalue weighted by atomic mass is 31.2. The summed E-state index contributed by atoms with van der Waals surface area (Å²) in [4.78, 5) is 87.5. The monoisotopic (exact) mass is 2260 g/mol. The Morgan fingerprint density at radius 3 is 0.490 bits per heavy atom. The maximum absolute atomic E-state index is 13.5. The van der Waals surface area contributed by atoms with Gasteiger partial charge >= 0.3 is 38.0 Å². The topological polar surface area (TPSA) is 343 Å². The molecule has 0 atom stereocenters. The summed E-state index contributed by atoms with van der Waals surface area (Å²) in [5, 5.41) is 0. The molecule has 0 fully saturated rings. The Kier molecular flexibility index (Phi) is 95.6. The van der Waals surface area contributed by atoms with Gasteiger partial charge in [0.15, 0.2) is 52.3 Å². The quantitative estimate of drug-likeness (QED) is 0.00568. The predicted molar refractivity (Wildman–Crippen MR) is 566 cm³/mol. The summed E-state index contributed by atoms with van der Waals surface area (Å²) in [6, 6.07) is 20.6. The van der Waals surface area contributed by atoms with Crippen molar-refractivity contribution >= 4 is 38.0 Å². The summed E-state index contributed by atoms with van der Waals surface area (Å²) in [6.07, 6.45) is 59.1. The van der Waals surface area contributed by atoms with Gasteiger partial charge in [-0.1, -0.05) is 386 Å². The normalized spacial score (nSPS) is 11.6. The second-order valence-electron chi connectivity index (χ2n) is 37.1. The van der Waals surface area contributed by atoms with Gasteiger partial charge in [-0.25, -0.2) is 57.1 Å². The van der Waals surface area contributed by atoms with Crippen LogP contribution in [0, 0.1) is 87.3 Å². The van der Waals surface area contributed by atoms with Crippen molar-refractivity contribution < 1.29 is 166 Å². The van der Waals surface area contributed by atoms with Crippen molar-refractivity contribution in [2.45, 2.75) is 429 Å². The predicted octanol–water partition coefficient (Wildman–Crippen LogP) is 34.0. The molecular weight excluding hydrogens is 2070 g/mol. The highest BCUT2D eigenvalue weighted by Gasteiger charge is 2.30. The fraction of sp³-hybridized carbons (Fsp3) is 0.722. The van der Waals surface area contributed by atoms with Crippen molar-refractivity contribution in [1.82, 2.24) is 0 Å². The first-order valence-electron chi connectivity index (χ1n) is 52.4. The Labute approximate surface area is 881 Å². The molecule has 41 heteroatoms. The van der Waals surface area contributed by atoms with E-state index in [1.807, 2.05) is 24.3 Å². The van der Waals surface area contributed by atoms with Gasteiger partial charge in [-0.15, -0.1) is 0 Å². The highest BCUT2D eigenvalue weighted by molar-refractivity contribution is 7.52. The third-order valence-electron chi connectivity index (χ3n) is 23.9. The molecule has 21 nitrogen and oxygen atoms in total. The molecule has 0 saturated carbocycles. The second-order valence-corrected chi connectivity index (χ2v) is 46.0. The molecule has 5 rings (SSSR count). The molecule has 0 aliphatic carbocycles. The second kappa shape index (κ2) is 94.5. The van der Waals surface area contributed by atoms with Crippen molar-refractivity contribution in [3.8, 4) is 5.75 Å². The minimum absolute atomic E-state index is 0. The van der Waals surface area contributed by atoms with E-state index in [2.05, 4.69) is 36.4 Å². The molecule has 0 aromatic heterocycles. The number of benzene rings is 5. The lowest BCUT2D eigenvalue weighted by atomic mass is 10.0. The number of halogens is 15. The summed E-state index contributed by atoms with van der Waals surface area (Å²) >= 11 is 0. The summed E-state index contributed by atoms with van der Waals surface area (Å²) in [5.74, 6) is -31.1. The minimum atomic E-state index is -3.90. The largest absolute Gasteiger partial charge is 0.487 e. The van der Waals surface area contributed by atoms with E-state index in [9.17, 15) is 88.7 Å². The molecule has 0 radical (unpaired) electrons. The molecule has 10 N–H and O–H groups in total. The third kappa shape index (κ3) is 85.2. The number of ether oxygens (including phenoxy) is 6. The Balaban J connectivity index is -0.000000882. The molecule has 149 heavy (non-hydrogen) atoms. The van der Waals surface area contributed by atoms with Crippen molar-refractivity contribution in [2.24, 2.45) is 0 Å². The zero-order chi connectivity index (χ0) is 108. The van der Waals surface area contributed by atoms with E-state index in [1.165, 1.54) is 133 Å². The van der Waals surface area contributed by atoms with Gasteiger partial charge in [-0.2, -0.15) is 8.78 Å². The van der Waals surface area contributed by atoms with Crippen molar-refractivity contribution in [1.29, 1.82) is 0 Å². The van der Waals surface area contributed by atoms with Gasteiger partial charge in [-0.05, 0) is 88.2 Å². The van der Waals surface area contributed by atoms with E-state index in [0.717, 1.165) is 226 Å². The highest BCUT2D eigenvalue weighted by Crippen LogP contribution is 2.40. The average Bonchev–Trinajstić information content (AvgIpc) is 0.808.